The van der Waals surface area contributed by atoms with E-state index in [-0.39, 0.29) is 0 Å². The molecular formula is C2H7N2O2+. The third-order valence-electron chi connectivity index (χ3n) is 0.200. The van der Waals surface area contributed by atoms with Gasteiger partial charge in [-0.25, -0.2) is 0 Å². The maximum Gasteiger partial charge on any atom is 0.188 e. The van der Waals surface area contributed by atoms with Crippen molar-refractivity contribution in [3.63, 3.8) is 0 Å². The molecule has 0 fully saturated rings. The summed E-state index contributed by atoms with van der Waals surface area (Å²) < 4.78 is -0.861. The Bertz CT molecular complexity index is 55.1. The number of hydrogen-bond donors (Lipinski definition) is 1. The molecule has 0 saturated carbocycles. The van der Waals surface area contributed by atoms with Crippen molar-refractivity contribution >= 4 is 0 Å². The van der Waals surface area contributed by atoms with Gasteiger partial charge in [0.1, 0.15) is 14.1 Å². The standard InChI is InChI=1S/C2H7N2O2/c1-4(2,6)3-5/h6H,1-2H3/q+1. The highest BCUT2D eigenvalue weighted by Gasteiger charge is 2.06. The number of hydrogen-bond acceptors (Lipinski definition) is 3. The molecule has 0 aliphatic rings. The third-order valence-corrected chi connectivity index (χ3v) is 0.200. The Morgan fingerprint density at radius 1 is 1.67 bits per heavy atom. The van der Waals surface area contributed by atoms with Crippen molar-refractivity contribution in [2.45, 2.75) is 0 Å². The highest BCUT2D eigenvalue weighted by Crippen LogP contribution is 1.84. The summed E-state index contributed by atoms with van der Waals surface area (Å²) in [5, 5.41) is 10.5. The van der Waals surface area contributed by atoms with Crippen LogP contribution in [0.5, 0.6) is 0 Å². The van der Waals surface area contributed by atoms with Crippen LogP contribution < -0.4 is 0 Å². The Labute approximate surface area is 35.5 Å². The molecule has 0 atom stereocenters. The van der Waals surface area contributed by atoms with Gasteiger partial charge in [-0.1, -0.05) is 4.91 Å². The number of hydroxylamine groups is 2. The van der Waals surface area contributed by atoms with Gasteiger partial charge in [-0.2, -0.15) is 5.21 Å². The largest absolute Gasteiger partial charge is 0.188 e. The molecule has 0 amide bonds. The summed E-state index contributed by atoms with van der Waals surface area (Å²) in [7, 11) is 2.51. The quantitative estimate of drug-likeness (QED) is 0.283. The first-order chi connectivity index (χ1) is 2.56. The second-order valence-corrected chi connectivity index (χ2v) is 1.42. The smallest absolute Gasteiger partial charge is 0.186 e. The van der Waals surface area contributed by atoms with Gasteiger partial charge in [-0.05, 0) is 4.76 Å². The lowest BCUT2D eigenvalue weighted by Crippen LogP contribution is -2.26. The molecule has 0 aromatic carbocycles. The van der Waals surface area contributed by atoms with E-state index in [1.165, 1.54) is 14.1 Å². The van der Waals surface area contributed by atoms with Crippen molar-refractivity contribution in [2.24, 2.45) is 5.29 Å². The lowest BCUT2D eigenvalue weighted by molar-refractivity contribution is -1.08. The highest BCUT2D eigenvalue weighted by molar-refractivity contribution is 3.93. The van der Waals surface area contributed by atoms with Gasteiger partial charge in [0, 0.05) is 0 Å². The molecule has 0 aliphatic heterocycles. The molecule has 0 aromatic rings. The third kappa shape index (κ3) is 3.52. The van der Waals surface area contributed by atoms with Crippen LogP contribution in [-0.4, -0.2) is 24.1 Å². The van der Waals surface area contributed by atoms with Gasteiger partial charge in [-0.3, -0.25) is 0 Å². The molecule has 0 radical (unpaired) electrons. The zero-order valence-corrected chi connectivity index (χ0v) is 3.75. The number of rotatable bonds is 1. The minimum atomic E-state index is -0.861. The maximum absolute atomic E-state index is 9.30. The van der Waals surface area contributed by atoms with Crippen LogP contribution in [0.25, 0.3) is 0 Å². The van der Waals surface area contributed by atoms with E-state index in [0.29, 0.717) is 0 Å². The first kappa shape index (κ1) is 5.52. The summed E-state index contributed by atoms with van der Waals surface area (Å²) in [6.07, 6.45) is 0. The van der Waals surface area contributed by atoms with E-state index in [2.05, 4.69) is 5.29 Å². The van der Waals surface area contributed by atoms with Crippen LogP contribution in [0.3, 0.4) is 0 Å². The number of quaternary nitrogens is 1. The lowest BCUT2D eigenvalue weighted by atomic mass is 11.1. The normalized spacial score (nSPS) is 11.2. The van der Waals surface area contributed by atoms with Crippen molar-refractivity contribution in [1.82, 2.24) is 0 Å². The summed E-state index contributed by atoms with van der Waals surface area (Å²) in [5.41, 5.74) is 0. The average Bonchev–Trinajstić information content (AvgIpc) is 1.35. The molecule has 0 bridgehead atoms. The van der Waals surface area contributed by atoms with Gasteiger partial charge >= 0.3 is 0 Å². The predicted molar refractivity (Wildman–Crippen MR) is 19.7 cm³/mol. The van der Waals surface area contributed by atoms with E-state index in [1.54, 1.807) is 0 Å². The Morgan fingerprint density at radius 2 is 1.83 bits per heavy atom. The van der Waals surface area contributed by atoms with Crippen molar-refractivity contribution in [2.75, 3.05) is 14.1 Å². The van der Waals surface area contributed by atoms with Crippen LogP contribution in [-0.2, 0) is 0 Å². The van der Waals surface area contributed by atoms with Crippen LogP contribution >= 0.6 is 0 Å². The number of nitroso groups, excluding NO2 is 1. The van der Waals surface area contributed by atoms with Gasteiger partial charge in [-0.15, -0.1) is 0 Å². The SMILES string of the molecule is C[N+](C)(O)N=O. The summed E-state index contributed by atoms with van der Waals surface area (Å²) in [5.74, 6) is 0. The van der Waals surface area contributed by atoms with E-state index in [9.17, 15) is 4.91 Å². The summed E-state index contributed by atoms with van der Waals surface area (Å²) >= 11 is 0. The molecule has 0 saturated heterocycles. The zero-order chi connectivity index (χ0) is 5.21. The fourth-order valence-corrected chi connectivity index (χ4v) is 0. The molecule has 1 N–H and O–H groups in total. The Kier molecular flexibility index (Phi) is 1.21. The molecule has 0 aromatic heterocycles. The number of nitrogens with zero attached hydrogens (tertiary/aromatic N) is 2. The van der Waals surface area contributed by atoms with E-state index in [0.717, 1.165) is 0 Å². The second kappa shape index (κ2) is 1.32. The molecular weight excluding hydrogens is 84.0 g/mol. The lowest BCUT2D eigenvalue weighted by Gasteiger charge is -2.02. The minimum Gasteiger partial charge on any atom is -0.186 e. The molecule has 0 heterocycles. The maximum atomic E-state index is 9.30. The fourth-order valence-electron chi connectivity index (χ4n) is 0. The fraction of sp³-hybridized carbons (Fsp3) is 1.00. The van der Waals surface area contributed by atoms with Crippen molar-refractivity contribution in [3.05, 3.63) is 4.91 Å². The predicted octanol–water partition coefficient (Wildman–Crippen LogP) is 0.133. The summed E-state index contributed by atoms with van der Waals surface area (Å²) in [6, 6.07) is 0. The van der Waals surface area contributed by atoms with Crippen LogP contribution in [0.2, 0.25) is 0 Å². The van der Waals surface area contributed by atoms with Crippen LogP contribution in [0.15, 0.2) is 5.29 Å². The monoisotopic (exact) mass is 91.1 g/mol. The summed E-state index contributed by atoms with van der Waals surface area (Å²) in [6.45, 7) is 0. The van der Waals surface area contributed by atoms with Gasteiger partial charge in [0.15, 0.2) is 5.29 Å². The van der Waals surface area contributed by atoms with E-state index in [1.807, 2.05) is 0 Å². The van der Waals surface area contributed by atoms with Crippen molar-refractivity contribution in [3.8, 4) is 0 Å². The van der Waals surface area contributed by atoms with Crippen LogP contribution in [0.1, 0.15) is 0 Å². The minimum absolute atomic E-state index is 0.861. The van der Waals surface area contributed by atoms with Crippen molar-refractivity contribution in [1.29, 1.82) is 0 Å². The van der Waals surface area contributed by atoms with Gasteiger partial charge in [0.2, 0.25) is 0 Å². The second-order valence-electron chi connectivity index (χ2n) is 1.42. The van der Waals surface area contributed by atoms with Gasteiger partial charge in [0.05, 0.1) is 0 Å². The van der Waals surface area contributed by atoms with Crippen molar-refractivity contribution < 1.29 is 9.96 Å². The Morgan fingerprint density at radius 3 is 1.83 bits per heavy atom. The van der Waals surface area contributed by atoms with E-state index >= 15 is 0 Å². The first-order valence-corrected chi connectivity index (χ1v) is 1.48. The summed E-state index contributed by atoms with van der Waals surface area (Å²) in [4.78, 5) is 9.30. The zero-order valence-electron chi connectivity index (χ0n) is 3.75. The first-order valence-electron chi connectivity index (χ1n) is 1.48. The molecule has 6 heavy (non-hydrogen) atoms. The Balaban J connectivity index is 3.45. The highest BCUT2D eigenvalue weighted by atomic mass is 16.6. The average molecular weight is 91.1 g/mol. The molecule has 4 nitrogen and oxygen atoms in total. The molecule has 0 unspecified atom stereocenters. The van der Waals surface area contributed by atoms with E-state index < -0.39 is 4.76 Å². The topological polar surface area (TPSA) is 49.7 Å². The molecule has 4 heteroatoms. The van der Waals surface area contributed by atoms with Gasteiger partial charge in [0.25, 0.3) is 0 Å². The van der Waals surface area contributed by atoms with Crippen LogP contribution in [0, 0.1) is 4.91 Å². The van der Waals surface area contributed by atoms with E-state index in [4.69, 9.17) is 5.21 Å². The Hall–Kier alpha value is -0.480. The molecule has 0 aliphatic carbocycles. The molecule has 36 valence electrons. The molecule has 0 rings (SSSR count). The van der Waals surface area contributed by atoms with Gasteiger partial charge < -0.3 is 0 Å². The molecule has 0 spiro atoms. The van der Waals surface area contributed by atoms with Crippen LogP contribution in [0.4, 0.5) is 0 Å².